The first kappa shape index (κ1) is 17.1. The molecular formula is C19H17Cl2N3O2. The van der Waals surface area contributed by atoms with E-state index in [2.05, 4.69) is 5.32 Å². The van der Waals surface area contributed by atoms with Crippen LogP contribution in [0.15, 0.2) is 36.4 Å². The monoisotopic (exact) mass is 389 g/mol. The van der Waals surface area contributed by atoms with E-state index in [1.807, 2.05) is 35.0 Å². The third-order valence-electron chi connectivity index (χ3n) is 4.44. The Morgan fingerprint density at radius 2 is 1.81 bits per heavy atom. The van der Waals surface area contributed by atoms with Crippen molar-refractivity contribution < 1.29 is 9.47 Å². The van der Waals surface area contributed by atoms with Gasteiger partial charge in [0.15, 0.2) is 0 Å². The van der Waals surface area contributed by atoms with Crippen LogP contribution in [0.1, 0.15) is 5.56 Å². The molecule has 1 aliphatic heterocycles. The summed E-state index contributed by atoms with van der Waals surface area (Å²) in [6.07, 6.45) is 0.877. The number of hydrogen-bond donors (Lipinski definition) is 1. The lowest BCUT2D eigenvalue weighted by atomic mass is 10.1. The van der Waals surface area contributed by atoms with Gasteiger partial charge in [0.2, 0.25) is 0 Å². The van der Waals surface area contributed by atoms with Gasteiger partial charge in [0.05, 0.1) is 35.6 Å². The highest BCUT2D eigenvalue weighted by Crippen LogP contribution is 2.39. The van der Waals surface area contributed by atoms with Crippen molar-refractivity contribution in [2.75, 3.05) is 26.1 Å². The summed E-state index contributed by atoms with van der Waals surface area (Å²) in [6, 6.07) is 11.3. The first-order valence-electron chi connectivity index (χ1n) is 8.16. The molecule has 3 aromatic rings. The lowest BCUT2D eigenvalue weighted by molar-refractivity contribution is 0.394. The van der Waals surface area contributed by atoms with Crippen LogP contribution in [0.5, 0.6) is 11.5 Å². The summed E-state index contributed by atoms with van der Waals surface area (Å²) in [6.45, 7) is 0.847. The quantitative estimate of drug-likeness (QED) is 0.693. The molecule has 0 aliphatic carbocycles. The second-order valence-electron chi connectivity index (χ2n) is 5.94. The highest BCUT2D eigenvalue weighted by Gasteiger charge is 2.25. The number of anilines is 1. The maximum Gasteiger partial charge on any atom is 0.133 e. The molecule has 0 unspecified atom stereocenters. The van der Waals surface area contributed by atoms with E-state index in [4.69, 9.17) is 37.8 Å². The molecule has 5 nitrogen and oxygen atoms in total. The van der Waals surface area contributed by atoms with E-state index in [1.165, 1.54) is 0 Å². The zero-order valence-corrected chi connectivity index (χ0v) is 15.9. The number of nitrogens with zero attached hydrogens (tertiary/aromatic N) is 2. The lowest BCUT2D eigenvalue weighted by Gasteiger charge is -2.09. The average molecular weight is 390 g/mol. The van der Waals surface area contributed by atoms with Gasteiger partial charge in [-0.2, -0.15) is 5.10 Å². The molecule has 0 saturated carbocycles. The van der Waals surface area contributed by atoms with Gasteiger partial charge < -0.3 is 14.8 Å². The molecule has 2 aromatic carbocycles. The van der Waals surface area contributed by atoms with E-state index >= 15 is 0 Å². The van der Waals surface area contributed by atoms with Crippen LogP contribution < -0.4 is 14.8 Å². The van der Waals surface area contributed by atoms with Gasteiger partial charge in [-0.15, -0.1) is 0 Å². The molecule has 134 valence electrons. The van der Waals surface area contributed by atoms with Gasteiger partial charge >= 0.3 is 0 Å². The predicted molar refractivity (Wildman–Crippen MR) is 104 cm³/mol. The van der Waals surface area contributed by atoms with Gasteiger partial charge in [-0.25, -0.2) is 4.68 Å². The predicted octanol–water partition coefficient (Wildman–Crippen LogP) is 4.83. The molecule has 0 saturated heterocycles. The Morgan fingerprint density at radius 1 is 1.08 bits per heavy atom. The summed E-state index contributed by atoms with van der Waals surface area (Å²) in [5.41, 5.74) is 3.68. The summed E-state index contributed by atoms with van der Waals surface area (Å²) < 4.78 is 12.6. The van der Waals surface area contributed by atoms with E-state index in [0.29, 0.717) is 10.0 Å². The summed E-state index contributed by atoms with van der Waals surface area (Å²) in [7, 11) is 3.27. The van der Waals surface area contributed by atoms with Crippen molar-refractivity contribution >= 4 is 29.0 Å². The Labute approximate surface area is 161 Å². The molecule has 0 amide bonds. The van der Waals surface area contributed by atoms with Gasteiger partial charge in [-0.3, -0.25) is 0 Å². The van der Waals surface area contributed by atoms with E-state index in [-0.39, 0.29) is 0 Å². The Balaban J connectivity index is 1.91. The van der Waals surface area contributed by atoms with Gasteiger partial charge in [0.1, 0.15) is 17.3 Å². The Kier molecular flexibility index (Phi) is 4.42. The smallest absolute Gasteiger partial charge is 0.133 e. The summed E-state index contributed by atoms with van der Waals surface area (Å²) in [5, 5.41) is 9.19. The van der Waals surface area contributed by atoms with E-state index < -0.39 is 0 Å². The highest BCUT2D eigenvalue weighted by atomic mass is 35.5. The minimum atomic E-state index is 0.475. The molecule has 0 spiro atoms. The summed E-state index contributed by atoms with van der Waals surface area (Å²) in [5.74, 6) is 2.37. The minimum absolute atomic E-state index is 0.475. The molecule has 0 bridgehead atoms. The zero-order chi connectivity index (χ0) is 18.3. The molecule has 0 radical (unpaired) electrons. The Hall–Kier alpha value is -2.37. The van der Waals surface area contributed by atoms with Crippen molar-refractivity contribution in [2.45, 2.75) is 6.42 Å². The topological polar surface area (TPSA) is 48.3 Å². The van der Waals surface area contributed by atoms with Crippen LogP contribution in [0, 0.1) is 0 Å². The van der Waals surface area contributed by atoms with Crippen molar-refractivity contribution in [1.82, 2.24) is 9.78 Å². The number of aromatic nitrogens is 2. The van der Waals surface area contributed by atoms with Crippen LogP contribution in [0.4, 0.5) is 5.82 Å². The van der Waals surface area contributed by atoms with Crippen molar-refractivity contribution in [3.8, 4) is 28.4 Å². The molecular weight excluding hydrogens is 373 g/mol. The fraction of sp³-hybridized carbons (Fsp3) is 0.211. The van der Waals surface area contributed by atoms with Crippen LogP contribution >= 0.6 is 23.2 Å². The molecule has 1 aliphatic rings. The standard InChI is InChI=1S/C19H17Cl2N3O2/c1-25-12-8-11(9-13(10-12)26-2)18-14-6-7-22-19(14)24(23-18)16-5-3-4-15(20)17(16)21/h3-5,8-10,22H,6-7H2,1-2H3. The molecule has 7 heteroatoms. The van der Waals surface area contributed by atoms with E-state index in [9.17, 15) is 0 Å². The second kappa shape index (κ2) is 6.74. The zero-order valence-electron chi connectivity index (χ0n) is 14.3. The van der Waals surface area contributed by atoms with Crippen molar-refractivity contribution in [3.63, 3.8) is 0 Å². The molecule has 1 aromatic heterocycles. The molecule has 1 N–H and O–H groups in total. The number of halogens is 2. The number of rotatable bonds is 4. The Bertz CT molecular complexity index is 963. The third-order valence-corrected chi connectivity index (χ3v) is 5.24. The SMILES string of the molecule is COc1cc(OC)cc(-c2nn(-c3cccc(Cl)c3Cl)c3c2CCN3)c1. The number of methoxy groups -OCH3 is 2. The van der Waals surface area contributed by atoms with Crippen LogP contribution in [0.3, 0.4) is 0 Å². The van der Waals surface area contributed by atoms with Crippen molar-refractivity contribution in [2.24, 2.45) is 0 Å². The van der Waals surface area contributed by atoms with Crippen molar-refractivity contribution in [1.29, 1.82) is 0 Å². The van der Waals surface area contributed by atoms with Crippen LogP contribution in [-0.2, 0) is 6.42 Å². The first-order valence-corrected chi connectivity index (χ1v) is 8.91. The van der Waals surface area contributed by atoms with Crippen LogP contribution in [-0.4, -0.2) is 30.5 Å². The number of ether oxygens (including phenoxy) is 2. The second-order valence-corrected chi connectivity index (χ2v) is 6.72. The fourth-order valence-electron chi connectivity index (χ4n) is 3.18. The third kappa shape index (κ3) is 2.77. The highest BCUT2D eigenvalue weighted by molar-refractivity contribution is 6.43. The maximum absolute atomic E-state index is 6.42. The molecule has 26 heavy (non-hydrogen) atoms. The van der Waals surface area contributed by atoms with Gasteiger partial charge in [0.25, 0.3) is 0 Å². The van der Waals surface area contributed by atoms with Crippen LogP contribution in [0.25, 0.3) is 16.9 Å². The summed E-state index contributed by atoms with van der Waals surface area (Å²) in [4.78, 5) is 0. The molecule has 4 rings (SSSR count). The van der Waals surface area contributed by atoms with Crippen LogP contribution in [0.2, 0.25) is 10.0 Å². The molecule has 0 fully saturated rings. The average Bonchev–Trinajstić information content (AvgIpc) is 3.26. The summed E-state index contributed by atoms with van der Waals surface area (Å²) >= 11 is 12.6. The fourth-order valence-corrected chi connectivity index (χ4v) is 3.56. The molecule has 0 atom stereocenters. The number of hydrogen-bond acceptors (Lipinski definition) is 4. The minimum Gasteiger partial charge on any atom is -0.497 e. The van der Waals surface area contributed by atoms with E-state index in [1.54, 1.807) is 20.3 Å². The van der Waals surface area contributed by atoms with Gasteiger partial charge in [-0.1, -0.05) is 29.3 Å². The lowest BCUT2D eigenvalue weighted by Crippen LogP contribution is -2.05. The maximum atomic E-state index is 6.42. The number of fused-ring (bicyclic) bond motifs is 1. The normalized spacial score (nSPS) is 12.6. The number of nitrogens with one attached hydrogen (secondary N) is 1. The van der Waals surface area contributed by atoms with E-state index in [0.717, 1.165) is 52.8 Å². The first-order chi connectivity index (χ1) is 12.6. The van der Waals surface area contributed by atoms with Crippen molar-refractivity contribution in [3.05, 3.63) is 52.0 Å². The largest absolute Gasteiger partial charge is 0.497 e. The molecule has 2 heterocycles. The Morgan fingerprint density at radius 3 is 2.50 bits per heavy atom. The van der Waals surface area contributed by atoms with Gasteiger partial charge in [0, 0.05) is 23.7 Å². The van der Waals surface area contributed by atoms with Gasteiger partial charge in [-0.05, 0) is 30.7 Å². The number of benzene rings is 2.